The van der Waals surface area contributed by atoms with Crippen molar-refractivity contribution in [2.45, 2.75) is 6.92 Å². The van der Waals surface area contributed by atoms with E-state index in [4.69, 9.17) is 0 Å². The molecule has 0 aliphatic carbocycles. The fourth-order valence-electron chi connectivity index (χ4n) is 0.980. The highest BCUT2D eigenvalue weighted by Crippen LogP contribution is 2.21. The lowest BCUT2D eigenvalue weighted by Crippen LogP contribution is -2.00. The average molecular weight is 235 g/mol. The van der Waals surface area contributed by atoms with Crippen LogP contribution < -0.4 is 0 Å². The van der Waals surface area contributed by atoms with E-state index in [1.807, 2.05) is 0 Å². The second-order valence-electron chi connectivity index (χ2n) is 2.92. The predicted octanol–water partition coefficient (Wildman–Crippen LogP) is 2.88. The number of nitro groups is 1. The number of hydrogen-bond acceptors (Lipinski definition) is 2. The average Bonchev–Trinajstić information content (AvgIpc) is 2.21. The molecule has 0 spiro atoms. The first-order valence-corrected chi connectivity index (χ1v) is 4.00. The summed E-state index contributed by atoms with van der Waals surface area (Å²) in [5, 5.41) is 10.2. The molecule has 3 nitrogen and oxygen atoms in total. The molecule has 1 rings (SSSR count). The molecule has 0 radical (unpaired) electrons. The molecule has 0 bridgehead atoms. The maximum absolute atomic E-state index is 13.0. The molecule has 0 aromatic heterocycles. The number of rotatable bonds is 2. The summed E-state index contributed by atoms with van der Waals surface area (Å²) in [5.74, 6) is -6.55. The van der Waals surface area contributed by atoms with Gasteiger partial charge in [-0.3, -0.25) is 10.1 Å². The SMILES string of the molecule is CC(=Cc1c(F)c(F)cc(F)c1F)[N+](=O)[O-]. The van der Waals surface area contributed by atoms with Crippen molar-refractivity contribution >= 4 is 6.08 Å². The van der Waals surface area contributed by atoms with E-state index in [0.29, 0.717) is 6.08 Å². The molecule has 0 aliphatic rings. The minimum Gasteiger partial charge on any atom is -0.259 e. The number of nitrogens with zero attached hydrogens (tertiary/aromatic N) is 1. The summed E-state index contributed by atoms with van der Waals surface area (Å²) >= 11 is 0. The van der Waals surface area contributed by atoms with E-state index >= 15 is 0 Å². The number of benzene rings is 1. The van der Waals surface area contributed by atoms with Gasteiger partial charge in [0, 0.05) is 19.1 Å². The summed E-state index contributed by atoms with van der Waals surface area (Å²) in [6.07, 6.45) is 0.427. The lowest BCUT2D eigenvalue weighted by atomic mass is 10.1. The molecular formula is C9H5F4NO2. The lowest BCUT2D eigenvalue weighted by Gasteiger charge is -2.01. The van der Waals surface area contributed by atoms with Crippen LogP contribution in [0.3, 0.4) is 0 Å². The first-order valence-electron chi connectivity index (χ1n) is 4.00. The van der Waals surface area contributed by atoms with Crippen LogP contribution in [-0.2, 0) is 0 Å². The second kappa shape index (κ2) is 4.30. The van der Waals surface area contributed by atoms with Gasteiger partial charge >= 0.3 is 0 Å². The smallest absolute Gasteiger partial charge is 0.244 e. The maximum atomic E-state index is 13.0. The Labute approximate surface area is 87.2 Å². The van der Waals surface area contributed by atoms with Gasteiger partial charge in [-0.05, 0) is 0 Å². The van der Waals surface area contributed by atoms with Crippen LogP contribution in [-0.4, -0.2) is 4.92 Å². The van der Waals surface area contributed by atoms with Crippen molar-refractivity contribution in [1.29, 1.82) is 0 Å². The van der Waals surface area contributed by atoms with Crippen molar-refractivity contribution in [3.63, 3.8) is 0 Å². The van der Waals surface area contributed by atoms with Crippen molar-refractivity contribution in [2.75, 3.05) is 0 Å². The number of halogens is 4. The molecule has 86 valence electrons. The summed E-state index contributed by atoms with van der Waals surface area (Å²) < 4.78 is 51.4. The van der Waals surface area contributed by atoms with Crippen LogP contribution in [0, 0.1) is 33.4 Å². The molecule has 7 heteroatoms. The van der Waals surface area contributed by atoms with E-state index < -0.39 is 39.5 Å². The second-order valence-corrected chi connectivity index (χ2v) is 2.92. The Hall–Kier alpha value is -1.92. The predicted molar refractivity (Wildman–Crippen MR) is 46.9 cm³/mol. The molecule has 0 amide bonds. The van der Waals surface area contributed by atoms with Crippen molar-refractivity contribution < 1.29 is 22.5 Å². The molecule has 0 heterocycles. The van der Waals surface area contributed by atoms with Gasteiger partial charge in [-0.15, -0.1) is 0 Å². The summed E-state index contributed by atoms with van der Waals surface area (Å²) in [4.78, 5) is 9.27. The first-order chi connectivity index (χ1) is 7.34. The van der Waals surface area contributed by atoms with Crippen molar-refractivity contribution in [1.82, 2.24) is 0 Å². The molecule has 0 fully saturated rings. The standard InChI is InChI=1S/C9H5F4NO2/c1-4(14(15)16)2-5-8(12)6(10)3-7(11)9(5)13/h2-3H,1H3. The van der Waals surface area contributed by atoms with E-state index in [2.05, 4.69) is 0 Å². The van der Waals surface area contributed by atoms with Crippen molar-refractivity contribution in [3.8, 4) is 0 Å². The van der Waals surface area contributed by atoms with Crippen molar-refractivity contribution in [2.24, 2.45) is 0 Å². The van der Waals surface area contributed by atoms with Gasteiger partial charge in [-0.25, -0.2) is 17.6 Å². The van der Waals surface area contributed by atoms with E-state index in [-0.39, 0.29) is 6.07 Å². The molecule has 0 unspecified atom stereocenters. The molecular weight excluding hydrogens is 230 g/mol. The van der Waals surface area contributed by atoms with Gasteiger partial charge < -0.3 is 0 Å². The topological polar surface area (TPSA) is 43.1 Å². The third kappa shape index (κ3) is 2.18. The van der Waals surface area contributed by atoms with Gasteiger partial charge in [0.2, 0.25) is 5.70 Å². The molecule has 1 aromatic rings. The molecule has 0 aliphatic heterocycles. The van der Waals surface area contributed by atoms with Crippen LogP contribution in [0.1, 0.15) is 12.5 Å². The minimum absolute atomic E-state index is 0.0312. The maximum Gasteiger partial charge on any atom is 0.244 e. The highest BCUT2D eigenvalue weighted by atomic mass is 19.2. The Balaban J connectivity index is 3.44. The zero-order valence-electron chi connectivity index (χ0n) is 7.93. The van der Waals surface area contributed by atoms with E-state index in [9.17, 15) is 27.7 Å². The van der Waals surface area contributed by atoms with Gasteiger partial charge in [-0.2, -0.15) is 0 Å². The third-order valence-corrected chi connectivity index (χ3v) is 1.79. The van der Waals surface area contributed by atoms with Crippen molar-refractivity contribution in [3.05, 3.63) is 50.7 Å². The largest absolute Gasteiger partial charge is 0.259 e. The van der Waals surface area contributed by atoms with Gasteiger partial charge in [0.15, 0.2) is 23.3 Å². The summed E-state index contributed by atoms with van der Waals surface area (Å²) in [6.45, 7) is 0.946. The zero-order chi connectivity index (χ0) is 12.5. The summed E-state index contributed by atoms with van der Waals surface area (Å²) in [5.41, 5.74) is -1.74. The van der Waals surface area contributed by atoms with E-state index in [0.717, 1.165) is 6.92 Å². The van der Waals surface area contributed by atoms with Crippen LogP contribution in [0.2, 0.25) is 0 Å². The molecule has 0 saturated carbocycles. The van der Waals surface area contributed by atoms with Gasteiger partial charge in [0.05, 0.1) is 10.5 Å². The van der Waals surface area contributed by atoms with Crippen LogP contribution in [0.4, 0.5) is 17.6 Å². The number of allylic oxidation sites excluding steroid dienone is 1. The minimum atomic E-state index is -1.67. The first kappa shape index (κ1) is 12.2. The summed E-state index contributed by atoms with van der Waals surface area (Å²) in [6, 6.07) is 0.0312. The van der Waals surface area contributed by atoms with Crippen LogP contribution in [0.25, 0.3) is 6.08 Å². The molecule has 0 atom stereocenters. The highest BCUT2D eigenvalue weighted by Gasteiger charge is 2.19. The fraction of sp³-hybridized carbons (Fsp3) is 0.111. The van der Waals surface area contributed by atoms with Gasteiger partial charge in [0.1, 0.15) is 0 Å². The monoisotopic (exact) mass is 235 g/mol. The van der Waals surface area contributed by atoms with Crippen LogP contribution in [0.5, 0.6) is 0 Å². The number of hydrogen-bond donors (Lipinski definition) is 0. The zero-order valence-corrected chi connectivity index (χ0v) is 7.93. The summed E-state index contributed by atoms with van der Waals surface area (Å²) in [7, 11) is 0. The molecule has 16 heavy (non-hydrogen) atoms. The Bertz CT molecular complexity index is 459. The van der Waals surface area contributed by atoms with Gasteiger partial charge in [-0.1, -0.05) is 0 Å². The van der Waals surface area contributed by atoms with Crippen LogP contribution >= 0.6 is 0 Å². The third-order valence-electron chi connectivity index (χ3n) is 1.79. The van der Waals surface area contributed by atoms with E-state index in [1.54, 1.807) is 0 Å². The Morgan fingerprint density at radius 1 is 1.25 bits per heavy atom. The molecule has 1 aromatic carbocycles. The van der Waals surface area contributed by atoms with Crippen LogP contribution in [0.15, 0.2) is 11.8 Å². The highest BCUT2D eigenvalue weighted by molar-refractivity contribution is 5.52. The Morgan fingerprint density at radius 2 is 1.69 bits per heavy atom. The Kier molecular flexibility index (Phi) is 3.26. The lowest BCUT2D eigenvalue weighted by molar-refractivity contribution is -0.422. The van der Waals surface area contributed by atoms with E-state index in [1.165, 1.54) is 0 Å². The molecule has 0 N–H and O–H groups in total. The normalized spacial score (nSPS) is 11.7. The fourth-order valence-corrected chi connectivity index (χ4v) is 0.980. The van der Waals surface area contributed by atoms with Gasteiger partial charge in [0.25, 0.3) is 0 Å². The molecule has 0 saturated heterocycles. The quantitative estimate of drug-likeness (QED) is 0.342. The Morgan fingerprint density at radius 3 is 2.06 bits per heavy atom.